The Balaban J connectivity index is 1.71. The van der Waals surface area contributed by atoms with E-state index in [4.69, 9.17) is 9.84 Å². The second-order valence-corrected chi connectivity index (χ2v) is 7.26. The van der Waals surface area contributed by atoms with Crippen LogP contribution >= 0.6 is 0 Å². The summed E-state index contributed by atoms with van der Waals surface area (Å²) in [4.78, 5) is 26.9. The van der Waals surface area contributed by atoms with Gasteiger partial charge in [-0.25, -0.2) is 0 Å². The SMILES string of the molecule is COc1ccccc1-c1ccc2c(c1)NC(=O)/C2=C\c1[nH]c(C)cc1CCC(=O)O. The molecule has 6 heteroatoms. The van der Waals surface area contributed by atoms with Crippen molar-refractivity contribution in [1.29, 1.82) is 0 Å². The number of aromatic nitrogens is 1. The van der Waals surface area contributed by atoms with Gasteiger partial charge in [0.15, 0.2) is 0 Å². The molecule has 2 aromatic carbocycles. The van der Waals surface area contributed by atoms with Gasteiger partial charge < -0.3 is 20.1 Å². The van der Waals surface area contributed by atoms with E-state index < -0.39 is 5.97 Å². The maximum Gasteiger partial charge on any atom is 0.303 e. The normalized spacial score (nSPS) is 13.9. The Morgan fingerprint density at radius 1 is 1.13 bits per heavy atom. The van der Waals surface area contributed by atoms with Gasteiger partial charge in [0.25, 0.3) is 5.91 Å². The molecule has 2 heterocycles. The average Bonchev–Trinajstić information content (AvgIpc) is 3.24. The monoisotopic (exact) mass is 402 g/mol. The number of rotatable bonds is 6. The van der Waals surface area contributed by atoms with E-state index in [2.05, 4.69) is 10.3 Å². The van der Waals surface area contributed by atoms with Crippen molar-refractivity contribution in [2.45, 2.75) is 19.8 Å². The molecule has 0 spiro atoms. The van der Waals surface area contributed by atoms with E-state index >= 15 is 0 Å². The Labute approximate surface area is 174 Å². The van der Waals surface area contributed by atoms with Crippen molar-refractivity contribution < 1.29 is 19.4 Å². The molecule has 152 valence electrons. The maximum atomic E-state index is 12.7. The number of fused-ring (bicyclic) bond motifs is 1. The van der Waals surface area contributed by atoms with Crippen LogP contribution in [0.4, 0.5) is 5.69 Å². The zero-order valence-corrected chi connectivity index (χ0v) is 16.8. The van der Waals surface area contributed by atoms with E-state index in [-0.39, 0.29) is 12.3 Å². The number of methoxy groups -OCH3 is 1. The number of aliphatic carboxylic acids is 1. The summed E-state index contributed by atoms with van der Waals surface area (Å²) in [5.41, 5.74) is 6.58. The summed E-state index contributed by atoms with van der Waals surface area (Å²) in [7, 11) is 1.63. The third-order valence-electron chi connectivity index (χ3n) is 5.19. The first-order valence-corrected chi connectivity index (χ1v) is 9.67. The zero-order chi connectivity index (χ0) is 21.3. The molecule has 30 heavy (non-hydrogen) atoms. The van der Waals surface area contributed by atoms with Gasteiger partial charge in [-0.15, -0.1) is 0 Å². The van der Waals surface area contributed by atoms with Crippen LogP contribution in [0.3, 0.4) is 0 Å². The fourth-order valence-electron chi connectivity index (χ4n) is 3.78. The minimum atomic E-state index is -0.847. The third-order valence-corrected chi connectivity index (χ3v) is 5.19. The lowest BCUT2D eigenvalue weighted by atomic mass is 9.99. The highest BCUT2D eigenvalue weighted by Gasteiger charge is 2.25. The van der Waals surface area contributed by atoms with Crippen molar-refractivity contribution >= 4 is 29.2 Å². The van der Waals surface area contributed by atoms with Crippen LogP contribution in [-0.4, -0.2) is 29.1 Å². The molecule has 0 atom stereocenters. The van der Waals surface area contributed by atoms with Gasteiger partial charge in [0.05, 0.1) is 12.7 Å². The van der Waals surface area contributed by atoms with Gasteiger partial charge in [0.1, 0.15) is 5.75 Å². The molecule has 1 aliphatic heterocycles. The highest BCUT2D eigenvalue weighted by molar-refractivity contribution is 6.35. The number of amides is 1. The number of hydrogen-bond donors (Lipinski definition) is 3. The molecule has 4 rings (SSSR count). The van der Waals surface area contributed by atoms with Gasteiger partial charge in [0.2, 0.25) is 0 Å². The molecule has 0 radical (unpaired) electrons. The van der Waals surface area contributed by atoms with Crippen molar-refractivity contribution in [3.05, 3.63) is 71.0 Å². The standard InChI is InChI=1S/C24H22N2O4/c1-14-11-16(8-10-23(27)28)20(25-14)13-19-18-9-7-15(12-21(18)26-24(19)29)17-5-3-4-6-22(17)30-2/h3-7,9,11-13,25H,8,10H2,1-2H3,(H,26,29)(H,27,28)/b19-13-. The van der Waals surface area contributed by atoms with Crippen LogP contribution in [0.5, 0.6) is 5.75 Å². The van der Waals surface area contributed by atoms with E-state index in [0.29, 0.717) is 12.0 Å². The Kier molecular flexibility index (Phi) is 5.14. The summed E-state index contributed by atoms with van der Waals surface area (Å²) in [6.07, 6.45) is 2.24. The number of nitrogens with one attached hydrogen (secondary N) is 2. The average molecular weight is 402 g/mol. The molecule has 3 aromatic rings. The summed E-state index contributed by atoms with van der Waals surface area (Å²) in [5.74, 6) is -0.263. The summed E-state index contributed by atoms with van der Waals surface area (Å²) in [6, 6.07) is 15.5. The van der Waals surface area contributed by atoms with Gasteiger partial charge in [0, 0.05) is 34.6 Å². The number of anilines is 1. The lowest BCUT2D eigenvalue weighted by molar-refractivity contribution is -0.137. The number of aryl methyl sites for hydroxylation is 2. The first kappa shape index (κ1) is 19.5. The highest BCUT2D eigenvalue weighted by Crippen LogP contribution is 2.38. The molecule has 6 nitrogen and oxygen atoms in total. The molecule has 0 saturated carbocycles. The van der Waals surface area contributed by atoms with Gasteiger partial charge in [-0.1, -0.05) is 30.3 Å². The Bertz CT molecular complexity index is 1170. The van der Waals surface area contributed by atoms with Crippen LogP contribution in [0.15, 0.2) is 48.5 Å². The minimum absolute atomic E-state index is 0.0402. The number of ether oxygens (including phenoxy) is 1. The van der Waals surface area contributed by atoms with E-state index in [1.54, 1.807) is 13.2 Å². The van der Waals surface area contributed by atoms with Crippen LogP contribution in [-0.2, 0) is 16.0 Å². The number of hydrogen-bond acceptors (Lipinski definition) is 3. The molecule has 1 amide bonds. The third kappa shape index (κ3) is 3.72. The van der Waals surface area contributed by atoms with Gasteiger partial charge in [-0.05, 0) is 48.7 Å². The largest absolute Gasteiger partial charge is 0.496 e. The number of aromatic amines is 1. The summed E-state index contributed by atoms with van der Waals surface area (Å²) < 4.78 is 5.45. The van der Waals surface area contributed by atoms with Crippen molar-refractivity contribution in [3.63, 3.8) is 0 Å². The Morgan fingerprint density at radius 2 is 1.93 bits per heavy atom. The first-order valence-electron chi connectivity index (χ1n) is 9.67. The van der Waals surface area contributed by atoms with Crippen LogP contribution in [0.1, 0.15) is 28.9 Å². The van der Waals surface area contributed by atoms with Crippen LogP contribution in [0.2, 0.25) is 0 Å². The van der Waals surface area contributed by atoms with E-state index in [1.165, 1.54) is 0 Å². The predicted molar refractivity (Wildman–Crippen MR) is 116 cm³/mol. The lowest BCUT2D eigenvalue weighted by Crippen LogP contribution is -2.04. The number of para-hydroxylation sites is 1. The number of benzene rings is 2. The molecule has 1 aliphatic rings. The van der Waals surface area contributed by atoms with Crippen LogP contribution < -0.4 is 10.1 Å². The summed E-state index contributed by atoms with van der Waals surface area (Å²) >= 11 is 0. The molecule has 0 aliphatic carbocycles. The Hall–Kier alpha value is -3.80. The van der Waals surface area contributed by atoms with Crippen molar-refractivity contribution in [1.82, 2.24) is 4.98 Å². The summed E-state index contributed by atoms with van der Waals surface area (Å²) in [5, 5.41) is 11.9. The fraction of sp³-hybridized carbons (Fsp3) is 0.167. The molecule has 3 N–H and O–H groups in total. The molecule has 0 saturated heterocycles. The number of H-pyrrole nitrogens is 1. The maximum absolute atomic E-state index is 12.7. The molecule has 0 unspecified atom stereocenters. The molecule has 0 bridgehead atoms. The quantitative estimate of drug-likeness (QED) is 0.529. The van der Waals surface area contributed by atoms with E-state index in [0.717, 1.165) is 45.1 Å². The predicted octanol–water partition coefficient (Wildman–Crippen LogP) is 4.51. The second kappa shape index (κ2) is 7.91. The number of carboxylic acid groups (broad SMARTS) is 1. The molecule has 1 aromatic heterocycles. The van der Waals surface area contributed by atoms with Crippen molar-refractivity contribution in [3.8, 4) is 16.9 Å². The molecular weight excluding hydrogens is 380 g/mol. The Morgan fingerprint density at radius 3 is 2.70 bits per heavy atom. The molecular formula is C24H22N2O4. The first-order chi connectivity index (χ1) is 14.5. The van der Waals surface area contributed by atoms with E-state index in [9.17, 15) is 9.59 Å². The topological polar surface area (TPSA) is 91.4 Å². The van der Waals surface area contributed by atoms with E-state index in [1.807, 2.05) is 55.5 Å². The number of carbonyl (C=O) groups is 2. The number of carbonyl (C=O) groups excluding carboxylic acids is 1. The van der Waals surface area contributed by atoms with Crippen LogP contribution in [0.25, 0.3) is 22.8 Å². The summed E-state index contributed by atoms with van der Waals surface area (Å²) in [6.45, 7) is 1.91. The van der Waals surface area contributed by atoms with Crippen molar-refractivity contribution in [2.75, 3.05) is 12.4 Å². The molecule has 0 fully saturated rings. The van der Waals surface area contributed by atoms with Gasteiger partial charge >= 0.3 is 5.97 Å². The number of carboxylic acids is 1. The van der Waals surface area contributed by atoms with Crippen LogP contribution in [0, 0.1) is 6.92 Å². The smallest absolute Gasteiger partial charge is 0.303 e. The lowest BCUT2D eigenvalue weighted by Gasteiger charge is -2.09. The van der Waals surface area contributed by atoms with Gasteiger partial charge in [-0.3, -0.25) is 9.59 Å². The minimum Gasteiger partial charge on any atom is -0.496 e. The second-order valence-electron chi connectivity index (χ2n) is 7.26. The van der Waals surface area contributed by atoms with Gasteiger partial charge in [-0.2, -0.15) is 0 Å². The fourth-order valence-corrected chi connectivity index (χ4v) is 3.78. The van der Waals surface area contributed by atoms with Crippen molar-refractivity contribution in [2.24, 2.45) is 0 Å². The zero-order valence-electron chi connectivity index (χ0n) is 16.8. The highest BCUT2D eigenvalue weighted by atomic mass is 16.5.